The van der Waals surface area contributed by atoms with Crippen LogP contribution in [0.4, 0.5) is 0 Å². The van der Waals surface area contributed by atoms with Crippen molar-refractivity contribution in [3.63, 3.8) is 0 Å². The van der Waals surface area contributed by atoms with Crippen molar-refractivity contribution in [2.45, 2.75) is 16.1 Å². The number of methoxy groups -OCH3 is 1. The number of sulfone groups is 1. The lowest BCUT2D eigenvalue weighted by Gasteiger charge is -2.05. The largest absolute Gasteiger partial charge is 0.497 e. The van der Waals surface area contributed by atoms with Crippen molar-refractivity contribution in [2.24, 2.45) is 5.41 Å². The maximum Gasteiger partial charge on any atom is 0.184 e. The number of hydrogen-bond acceptors (Lipinski definition) is 5. The Morgan fingerprint density at radius 3 is 2.08 bits per heavy atom. The molecule has 1 aliphatic carbocycles. The summed E-state index contributed by atoms with van der Waals surface area (Å²) in [6.07, 6.45) is 0. The van der Waals surface area contributed by atoms with Crippen LogP contribution in [0.1, 0.15) is 11.5 Å². The Morgan fingerprint density at radius 2 is 1.60 bits per heavy atom. The summed E-state index contributed by atoms with van der Waals surface area (Å²) in [5.41, 5.74) is -0.987. The molecule has 1 saturated carbocycles. The Balaban J connectivity index is 2.06. The molecule has 25 heavy (non-hydrogen) atoms. The molecule has 5 nitrogen and oxygen atoms in total. The number of benzene rings is 2. The smallest absolute Gasteiger partial charge is 0.184 e. The minimum atomic E-state index is -3.86. The maximum atomic E-state index is 13.0. The van der Waals surface area contributed by atoms with Gasteiger partial charge in [-0.1, -0.05) is 23.7 Å². The molecule has 0 aromatic heterocycles. The second-order valence-electron chi connectivity index (χ2n) is 5.76. The predicted octanol–water partition coefficient (Wildman–Crippen LogP) is 3.32. The molecule has 2 unspecified atom stereocenters. The first-order valence-electron chi connectivity index (χ1n) is 7.36. The van der Waals surface area contributed by atoms with E-state index in [4.69, 9.17) is 16.3 Å². The van der Waals surface area contributed by atoms with Gasteiger partial charge < -0.3 is 4.74 Å². The van der Waals surface area contributed by atoms with Crippen LogP contribution in [0.2, 0.25) is 5.02 Å². The normalized spacial score (nSPS) is 21.0. The highest BCUT2D eigenvalue weighted by Gasteiger charge is 2.73. The first-order valence-corrected chi connectivity index (χ1v) is 9.29. The first-order chi connectivity index (χ1) is 11.9. The molecule has 3 rings (SSSR count). The summed E-state index contributed by atoms with van der Waals surface area (Å²) in [6, 6.07) is 16.3. The highest BCUT2D eigenvalue weighted by Crippen LogP contribution is 2.63. The molecule has 126 valence electrons. The van der Waals surface area contributed by atoms with Crippen LogP contribution < -0.4 is 4.74 Å². The van der Waals surface area contributed by atoms with Gasteiger partial charge in [-0.3, -0.25) is 0 Å². The van der Waals surface area contributed by atoms with Gasteiger partial charge in [0.25, 0.3) is 0 Å². The number of ether oxygens (including phenoxy) is 1. The molecule has 1 aliphatic rings. The second kappa shape index (κ2) is 6.07. The quantitative estimate of drug-likeness (QED) is 0.820. The predicted molar refractivity (Wildman–Crippen MR) is 91.8 cm³/mol. The van der Waals surface area contributed by atoms with Gasteiger partial charge in [0.15, 0.2) is 15.3 Å². The minimum Gasteiger partial charge on any atom is -0.497 e. The fourth-order valence-corrected chi connectivity index (χ4v) is 5.42. The van der Waals surface area contributed by atoms with Crippen molar-refractivity contribution in [2.75, 3.05) is 7.11 Å². The zero-order valence-corrected chi connectivity index (χ0v) is 14.8. The third-order valence-corrected chi connectivity index (χ3v) is 6.95. The zero-order valence-electron chi connectivity index (χ0n) is 13.2. The Labute approximate surface area is 150 Å². The van der Waals surface area contributed by atoms with E-state index in [1.807, 2.05) is 12.1 Å². The van der Waals surface area contributed by atoms with Crippen LogP contribution in [-0.2, 0) is 9.84 Å². The van der Waals surface area contributed by atoms with Crippen LogP contribution in [0.15, 0.2) is 53.4 Å². The Kier molecular flexibility index (Phi) is 4.20. The average Bonchev–Trinajstić information content (AvgIpc) is 3.33. The summed E-state index contributed by atoms with van der Waals surface area (Å²) in [7, 11) is -2.34. The molecular formula is C18H13ClN2O3S. The molecule has 2 aromatic carbocycles. The highest BCUT2D eigenvalue weighted by molar-refractivity contribution is 7.92. The van der Waals surface area contributed by atoms with Crippen molar-refractivity contribution in [1.29, 1.82) is 10.5 Å². The van der Waals surface area contributed by atoms with Crippen LogP contribution in [0.3, 0.4) is 0 Å². The molecule has 0 heterocycles. The number of halogens is 1. The topological polar surface area (TPSA) is 90.9 Å². The van der Waals surface area contributed by atoms with E-state index in [0.29, 0.717) is 16.3 Å². The van der Waals surface area contributed by atoms with Gasteiger partial charge in [0.05, 0.1) is 24.1 Å². The van der Waals surface area contributed by atoms with E-state index in [2.05, 4.69) is 0 Å². The highest BCUT2D eigenvalue weighted by atomic mass is 35.5. The molecule has 0 spiro atoms. The lowest BCUT2D eigenvalue weighted by Crippen LogP contribution is -2.14. The molecule has 0 bridgehead atoms. The van der Waals surface area contributed by atoms with Gasteiger partial charge in [0.1, 0.15) is 11.0 Å². The number of nitrogens with zero attached hydrogens (tertiary/aromatic N) is 2. The molecule has 0 saturated heterocycles. The fourth-order valence-electron chi connectivity index (χ4n) is 3.09. The Hall–Kier alpha value is -2.54. The first kappa shape index (κ1) is 17.3. The van der Waals surface area contributed by atoms with E-state index in [-0.39, 0.29) is 4.90 Å². The van der Waals surface area contributed by atoms with E-state index < -0.39 is 26.4 Å². The zero-order chi connectivity index (χ0) is 18.2. The molecule has 0 radical (unpaired) electrons. The van der Waals surface area contributed by atoms with Gasteiger partial charge in [-0.2, -0.15) is 10.5 Å². The monoisotopic (exact) mass is 372 g/mol. The lowest BCUT2D eigenvalue weighted by molar-refractivity contribution is 0.414. The molecule has 7 heteroatoms. The second-order valence-corrected chi connectivity index (χ2v) is 8.27. The van der Waals surface area contributed by atoms with E-state index in [1.165, 1.54) is 31.4 Å². The van der Waals surface area contributed by atoms with E-state index in [9.17, 15) is 18.9 Å². The number of hydrogen-bond donors (Lipinski definition) is 0. The van der Waals surface area contributed by atoms with Gasteiger partial charge in [0.2, 0.25) is 0 Å². The Morgan fingerprint density at radius 1 is 1.04 bits per heavy atom. The van der Waals surface area contributed by atoms with Gasteiger partial charge in [-0.05, 0) is 42.0 Å². The van der Waals surface area contributed by atoms with Gasteiger partial charge in [-0.15, -0.1) is 0 Å². The third-order valence-electron chi connectivity index (χ3n) is 4.45. The standard InChI is InChI=1S/C18H13ClN2O3S/c1-24-14-6-2-12(3-7-14)16-17(18(16,10-20)11-21)25(22,23)15-8-4-13(19)5-9-15/h2-9,16-17H,1H3. The number of nitriles is 2. The van der Waals surface area contributed by atoms with Crippen molar-refractivity contribution >= 4 is 21.4 Å². The molecule has 2 atom stereocenters. The molecule has 2 aromatic rings. The Bertz CT molecular complexity index is 973. The molecule has 0 aliphatic heterocycles. The summed E-state index contributed by atoms with van der Waals surface area (Å²) in [5.74, 6) is -0.102. The van der Waals surface area contributed by atoms with E-state index in [0.717, 1.165) is 0 Å². The third kappa shape index (κ3) is 2.64. The SMILES string of the molecule is COc1ccc(C2C(S(=O)(=O)c3ccc(Cl)cc3)C2(C#N)C#N)cc1. The minimum absolute atomic E-state index is 0.0489. The van der Waals surface area contributed by atoms with Crippen LogP contribution >= 0.6 is 11.6 Å². The van der Waals surface area contributed by atoms with Crippen LogP contribution in [0, 0.1) is 28.1 Å². The number of rotatable bonds is 4. The molecular weight excluding hydrogens is 360 g/mol. The molecule has 0 N–H and O–H groups in total. The van der Waals surface area contributed by atoms with Crippen LogP contribution in [0.25, 0.3) is 0 Å². The van der Waals surface area contributed by atoms with Crippen LogP contribution in [0.5, 0.6) is 5.75 Å². The van der Waals surface area contributed by atoms with Crippen molar-refractivity contribution < 1.29 is 13.2 Å². The summed E-state index contributed by atoms with van der Waals surface area (Å²) in [6.45, 7) is 0. The van der Waals surface area contributed by atoms with Gasteiger partial charge in [0, 0.05) is 10.9 Å². The summed E-state index contributed by atoms with van der Waals surface area (Å²) in [5, 5.41) is 18.4. The van der Waals surface area contributed by atoms with Crippen molar-refractivity contribution in [3.8, 4) is 17.9 Å². The van der Waals surface area contributed by atoms with E-state index >= 15 is 0 Å². The molecule has 1 fully saturated rings. The van der Waals surface area contributed by atoms with Crippen molar-refractivity contribution in [1.82, 2.24) is 0 Å². The fraction of sp³-hybridized carbons (Fsp3) is 0.222. The summed E-state index contributed by atoms with van der Waals surface area (Å²) < 4.78 is 31.0. The summed E-state index contributed by atoms with van der Waals surface area (Å²) >= 11 is 5.81. The summed E-state index contributed by atoms with van der Waals surface area (Å²) in [4.78, 5) is 0.0489. The van der Waals surface area contributed by atoms with Gasteiger partial charge >= 0.3 is 0 Å². The maximum absolute atomic E-state index is 13.0. The van der Waals surface area contributed by atoms with Gasteiger partial charge in [-0.25, -0.2) is 8.42 Å². The lowest BCUT2D eigenvalue weighted by atomic mass is 10.0. The average molecular weight is 373 g/mol. The van der Waals surface area contributed by atoms with Crippen LogP contribution in [-0.4, -0.2) is 20.8 Å². The molecule has 0 amide bonds. The van der Waals surface area contributed by atoms with Crippen molar-refractivity contribution in [3.05, 3.63) is 59.1 Å². The van der Waals surface area contributed by atoms with E-state index in [1.54, 1.807) is 24.3 Å².